The number of likely N-dealkylation sites (N-methyl/N-ethyl adjacent to an activating group) is 1. The molecule has 1 aliphatic carbocycles. The van der Waals surface area contributed by atoms with E-state index in [4.69, 9.17) is 0 Å². The highest BCUT2D eigenvalue weighted by molar-refractivity contribution is 5.93. The molecule has 1 fully saturated rings. The van der Waals surface area contributed by atoms with E-state index in [0.717, 1.165) is 47.0 Å². The Morgan fingerprint density at radius 2 is 1.81 bits per heavy atom. The number of rotatable bonds is 5. The average Bonchev–Trinajstić information content (AvgIpc) is 2.66. The van der Waals surface area contributed by atoms with E-state index in [9.17, 15) is 9.59 Å². The Hall–Kier alpha value is -2.43. The summed E-state index contributed by atoms with van der Waals surface area (Å²) in [6, 6.07) is 7.99. The lowest BCUT2D eigenvalue weighted by atomic mass is 9.80. The molecule has 1 aliphatic rings. The summed E-state index contributed by atoms with van der Waals surface area (Å²) in [7, 11) is 0. The smallest absolute Gasteiger partial charge is 0.245 e. The van der Waals surface area contributed by atoms with Crippen molar-refractivity contribution in [2.24, 2.45) is 0 Å². The fourth-order valence-electron chi connectivity index (χ4n) is 4.20. The summed E-state index contributed by atoms with van der Waals surface area (Å²) in [5.74, 6) is -0.158. The zero-order chi connectivity index (χ0) is 19.4. The first-order valence-electron chi connectivity index (χ1n) is 9.91. The van der Waals surface area contributed by atoms with Crippen LogP contribution in [-0.4, -0.2) is 28.9 Å². The van der Waals surface area contributed by atoms with Crippen molar-refractivity contribution >= 4 is 22.7 Å². The van der Waals surface area contributed by atoms with Crippen LogP contribution in [0.25, 0.3) is 10.9 Å². The second kappa shape index (κ2) is 8.07. The molecular formula is C22H29N3O2. The highest BCUT2D eigenvalue weighted by Gasteiger charge is 2.40. The van der Waals surface area contributed by atoms with E-state index in [2.05, 4.69) is 15.6 Å². The molecule has 1 aromatic heterocycles. The van der Waals surface area contributed by atoms with Crippen molar-refractivity contribution in [2.45, 2.75) is 64.8 Å². The van der Waals surface area contributed by atoms with Gasteiger partial charge in [-0.05, 0) is 50.8 Å². The Labute approximate surface area is 160 Å². The number of aryl methyl sites for hydroxylation is 2. The third kappa shape index (κ3) is 3.97. The van der Waals surface area contributed by atoms with Gasteiger partial charge in [0.15, 0.2) is 0 Å². The SMILES string of the molecule is CCNC(=O)C1(NC(=O)Cc2c(C)nc3ccccc3c2C)CCCCC1. The van der Waals surface area contributed by atoms with Crippen molar-refractivity contribution in [1.82, 2.24) is 15.6 Å². The molecule has 1 heterocycles. The van der Waals surface area contributed by atoms with Crippen molar-refractivity contribution in [3.05, 3.63) is 41.1 Å². The Balaban J connectivity index is 1.84. The van der Waals surface area contributed by atoms with Crippen LogP contribution in [0.15, 0.2) is 24.3 Å². The minimum atomic E-state index is -0.766. The maximum absolute atomic E-state index is 12.9. The van der Waals surface area contributed by atoms with E-state index >= 15 is 0 Å². The molecule has 1 saturated carbocycles. The minimum Gasteiger partial charge on any atom is -0.354 e. The van der Waals surface area contributed by atoms with Gasteiger partial charge in [-0.15, -0.1) is 0 Å². The molecule has 0 saturated heterocycles. The molecule has 2 amide bonds. The average molecular weight is 367 g/mol. The molecule has 0 unspecified atom stereocenters. The van der Waals surface area contributed by atoms with Gasteiger partial charge in [-0.2, -0.15) is 0 Å². The summed E-state index contributed by atoms with van der Waals surface area (Å²) in [5, 5.41) is 7.07. The summed E-state index contributed by atoms with van der Waals surface area (Å²) in [6.07, 6.45) is 4.71. The predicted molar refractivity (Wildman–Crippen MR) is 108 cm³/mol. The van der Waals surface area contributed by atoms with Gasteiger partial charge in [0.25, 0.3) is 0 Å². The van der Waals surface area contributed by atoms with Crippen molar-refractivity contribution in [1.29, 1.82) is 0 Å². The van der Waals surface area contributed by atoms with Crippen LogP contribution in [0, 0.1) is 13.8 Å². The number of nitrogens with zero attached hydrogens (tertiary/aromatic N) is 1. The molecular weight excluding hydrogens is 338 g/mol. The van der Waals surface area contributed by atoms with Crippen molar-refractivity contribution in [2.75, 3.05) is 6.54 Å². The third-order valence-electron chi connectivity index (χ3n) is 5.68. The topological polar surface area (TPSA) is 71.1 Å². The van der Waals surface area contributed by atoms with E-state index < -0.39 is 5.54 Å². The van der Waals surface area contributed by atoms with Gasteiger partial charge in [-0.25, -0.2) is 0 Å². The molecule has 5 nitrogen and oxygen atoms in total. The Kier molecular flexibility index (Phi) is 5.78. The molecule has 0 aliphatic heterocycles. The highest BCUT2D eigenvalue weighted by Crippen LogP contribution is 2.29. The van der Waals surface area contributed by atoms with Crippen LogP contribution in [0.4, 0.5) is 0 Å². The van der Waals surface area contributed by atoms with Gasteiger partial charge in [-0.3, -0.25) is 14.6 Å². The van der Waals surface area contributed by atoms with Gasteiger partial charge >= 0.3 is 0 Å². The number of benzene rings is 1. The van der Waals surface area contributed by atoms with Crippen LogP contribution in [0.2, 0.25) is 0 Å². The minimum absolute atomic E-state index is 0.0527. The second-order valence-corrected chi connectivity index (χ2v) is 7.55. The lowest BCUT2D eigenvalue weighted by molar-refractivity contribution is -0.134. The quantitative estimate of drug-likeness (QED) is 0.851. The van der Waals surface area contributed by atoms with Gasteiger partial charge in [0.2, 0.25) is 11.8 Å². The maximum Gasteiger partial charge on any atom is 0.245 e. The van der Waals surface area contributed by atoms with Crippen LogP contribution in [-0.2, 0) is 16.0 Å². The maximum atomic E-state index is 12.9. The molecule has 1 aromatic carbocycles. The van der Waals surface area contributed by atoms with Gasteiger partial charge in [0.05, 0.1) is 11.9 Å². The lowest BCUT2D eigenvalue weighted by Crippen LogP contribution is -2.60. The van der Waals surface area contributed by atoms with Crippen molar-refractivity contribution in [3.63, 3.8) is 0 Å². The summed E-state index contributed by atoms with van der Waals surface area (Å²) in [6.45, 7) is 6.47. The zero-order valence-electron chi connectivity index (χ0n) is 16.5. The number of nitrogens with one attached hydrogen (secondary N) is 2. The molecule has 3 rings (SSSR count). The number of aromatic nitrogens is 1. The Bertz CT molecular complexity index is 854. The van der Waals surface area contributed by atoms with E-state index in [1.165, 1.54) is 0 Å². The van der Waals surface area contributed by atoms with Crippen molar-refractivity contribution < 1.29 is 9.59 Å². The van der Waals surface area contributed by atoms with Crippen LogP contribution in [0.1, 0.15) is 55.8 Å². The van der Waals surface area contributed by atoms with E-state index in [0.29, 0.717) is 19.4 Å². The number of pyridine rings is 1. The Morgan fingerprint density at radius 1 is 1.11 bits per heavy atom. The number of para-hydroxylation sites is 1. The fraction of sp³-hybridized carbons (Fsp3) is 0.500. The molecule has 144 valence electrons. The molecule has 2 N–H and O–H groups in total. The number of fused-ring (bicyclic) bond motifs is 1. The monoisotopic (exact) mass is 367 g/mol. The van der Waals surface area contributed by atoms with Gasteiger partial charge < -0.3 is 10.6 Å². The molecule has 5 heteroatoms. The van der Waals surface area contributed by atoms with Crippen LogP contribution in [0.3, 0.4) is 0 Å². The van der Waals surface area contributed by atoms with E-state index in [-0.39, 0.29) is 18.2 Å². The van der Waals surface area contributed by atoms with Crippen molar-refractivity contribution in [3.8, 4) is 0 Å². The second-order valence-electron chi connectivity index (χ2n) is 7.55. The first-order chi connectivity index (χ1) is 13.0. The normalized spacial score (nSPS) is 16.1. The lowest BCUT2D eigenvalue weighted by Gasteiger charge is -2.36. The molecule has 2 aromatic rings. The summed E-state index contributed by atoms with van der Waals surface area (Å²) in [5.41, 5.74) is 3.09. The van der Waals surface area contributed by atoms with E-state index in [1.54, 1.807) is 0 Å². The third-order valence-corrected chi connectivity index (χ3v) is 5.68. The first-order valence-corrected chi connectivity index (χ1v) is 9.91. The number of carbonyl (C=O) groups is 2. The molecule has 0 bridgehead atoms. The van der Waals surface area contributed by atoms with Crippen LogP contribution in [0.5, 0.6) is 0 Å². The number of hydrogen-bond donors (Lipinski definition) is 2. The summed E-state index contributed by atoms with van der Waals surface area (Å²) in [4.78, 5) is 30.3. The van der Waals surface area contributed by atoms with Gasteiger partial charge in [0, 0.05) is 17.6 Å². The molecule has 0 atom stereocenters. The highest BCUT2D eigenvalue weighted by atomic mass is 16.2. The number of amides is 2. The largest absolute Gasteiger partial charge is 0.354 e. The van der Waals surface area contributed by atoms with Crippen LogP contribution >= 0.6 is 0 Å². The van der Waals surface area contributed by atoms with Gasteiger partial charge in [0.1, 0.15) is 5.54 Å². The number of carbonyl (C=O) groups excluding carboxylic acids is 2. The summed E-state index contributed by atoms with van der Waals surface area (Å²) >= 11 is 0. The molecule has 0 radical (unpaired) electrons. The van der Waals surface area contributed by atoms with Gasteiger partial charge in [-0.1, -0.05) is 37.5 Å². The van der Waals surface area contributed by atoms with Crippen LogP contribution < -0.4 is 10.6 Å². The molecule has 27 heavy (non-hydrogen) atoms. The molecule has 0 spiro atoms. The Morgan fingerprint density at radius 3 is 2.52 bits per heavy atom. The van der Waals surface area contributed by atoms with E-state index in [1.807, 2.05) is 45.0 Å². The fourth-order valence-corrected chi connectivity index (χ4v) is 4.20. The number of hydrogen-bond acceptors (Lipinski definition) is 3. The predicted octanol–water partition coefficient (Wildman–Crippen LogP) is 3.35. The standard InChI is InChI=1S/C22H29N3O2/c1-4-23-21(27)22(12-8-5-9-13-22)25-20(26)14-18-15(2)17-10-6-7-11-19(17)24-16(18)3/h6-7,10-11H,4-5,8-9,12-14H2,1-3H3,(H,23,27)(H,25,26). The first kappa shape index (κ1) is 19.3. The zero-order valence-corrected chi connectivity index (χ0v) is 16.5. The summed E-state index contributed by atoms with van der Waals surface area (Å²) < 4.78 is 0.